The highest BCUT2D eigenvalue weighted by atomic mass is 35.5. The van der Waals surface area contributed by atoms with Crippen molar-refractivity contribution in [2.24, 2.45) is 5.92 Å². The lowest BCUT2D eigenvalue weighted by Crippen LogP contribution is -2.31. The standard InChI is InChI=1S/C18H26N2O.2ClH/c21-18(16-9-11-19-12-10-16)15-5-7-17(8-6-15)20-13-3-1-2-4-14-20;;/h5-8,16,19H,1-4,9-14H2;2*1H. The molecule has 1 N–H and O–H groups in total. The quantitative estimate of drug-likeness (QED) is 0.825. The van der Waals surface area contributed by atoms with Gasteiger partial charge in [-0.2, -0.15) is 0 Å². The van der Waals surface area contributed by atoms with E-state index in [1.807, 2.05) is 12.1 Å². The van der Waals surface area contributed by atoms with Crippen molar-refractivity contribution >= 4 is 36.3 Å². The van der Waals surface area contributed by atoms with Gasteiger partial charge in [-0.1, -0.05) is 12.8 Å². The van der Waals surface area contributed by atoms with Gasteiger partial charge in [-0.05, 0) is 63.0 Å². The molecule has 0 saturated carbocycles. The van der Waals surface area contributed by atoms with Crippen LogP contribution in [0.4, 0.5) is 5.69 Å². The number of piperidine rings is 1. The molecular weight excluding hydrogens is 331 g/mol. The van der Waals surface area contributed by atoms with E-state index in [-0.39, 0.29) is 30.7 Å². The van der Waals surface area contributed by atoms with E-state index in [1.54, 1.807) is 0 Å². The predicted molar refractivity (Wildman–Crippen MR) is 102 cm³/mol. The molecule has 2 aliphatic rings. The van der Waals surface area contributed by atoms with E-state index in [2.05, 4.69) is 22.3 Å². The average molecular weight is 359 g/mol. The SMILES string of the molecule is Cl.Cl.O=C(c1ccc(N2CCCCCC2)cc1)C1CCNCC1. The summed E-state index contributed by atoms with van der Waals surface area (Å²) in [6, 6.07) is 8.34. The third kappa shape index (κ3) is 5.37. The second kappa shape index (κ2) is 10.2. The molecular formula is C18H28Cl2N2O. The molecule has 23 heavy (non-hydrogen) atoms. The number of carbonyl (C=O) groups excluding carboxylic acids is 1. The fraction of sp³-hybridized carbons (Fsp3) is 0.611. The normalized spacial score (nSPS) is 19.2. The minimum atomic E-state index is 0. The van der Waals surface area contributed by atoms with Crippen LogP contribution >= 0.6 is 24.8 Å². The number of benzene rings is 1. The van der Waals surface area contributed by atoms with Gasteiger partial charge in [0.15, 0.2) is 5.78 Å². The van der Waals surface area contributed by atoms with E-state index in [1.165, 1.54) is 31.4 Å². The van der Waals surface area contributed by atoms with Gasteiger partial charge >= 0.3 is 0 Å². The Hall–Kier alpha value is -0.770. The number of halogens is 2. The summed E-state index contributed by atoms with van der Waals surface area (Å²) in [4.78, 5) is 15.0. The van der Waals surface area contributed by atoms with Crippen molar-refractivity contribution in [1.29, 1.82) is 0 Å². The minimum absolute atomic E-state index is 0. The molecule has 0 bridgehead atoms. The number of Topliss-reactive ketones (excluding diaryl/α,β-unsaturated/α-hetero) is 1. The summed E-state index contributed by atoms with van der Waals surface area (Å²) >= 11 is 0. The van der Waals surface area contributed by atoms with Gasteiger partial charge in [-0.3, -0.25) is 4.79 Å². The zero-order chi connectivity index (χ0) is 14.5. The maximum absolute atomic E-state index is 12.5. The molecule has 2 aliphatic heterocycles. The van der Waals surface area contributed by atoms with Crippen molar-refractivity contribution in [3.05, 3.63) is 29.8 Å². The first-order valence-corrected chi connectivity index (χ1v) is 8.44. The van der Waals surface area contributed by atoms with E-state index in [9.17, 15) is 4.79 Å². The third-order valence-electron chi connectivity index (χ3n) is 4.83. The summed E-state index contributed by atoms with van der Waals surface area (Å²) in [6.07, 6.45) is 7.23. The molecule has 2 saturated heterocycles. The Labute approximate surface area is 152 Å². The second-order valence-corrected chi connectivity index (χ2v) is 6.34. The molecule has 1 aromatic carbocycles. The lowest BCUT2D eigenvalue weighted by Gasteiger charge is -2.24. The number of nitrogens with zero attached hydrogens (tertiary/aromatic N) is 1. The summed E-state index contributed by atoms with van der Waals surface area (Å²) in [5.74, 6) is 0.550. The Bertz CT molecular complexity index is 464. The molecule has 3 rings (SSSR count). The van der Waals surface area contributed by atoms with E-state index in [4.69, 9.17) is 0 Å². The summed E-state index contributed by atoms with van der Waals surface area (Å²) in [6.45, 7) is 4.26. The molecule has 5 heteroatoms. The van der Waals surface area contributed by atoms with Gasteiger partial charge in [0.2, 0.25) is 0 Å². The zero-order valence-corrected chi connectivity index (χ0v) is 15.3. The summed E-state index contributed by atoms with van der Waals surface area (Å²) < 4.78 is 0. The third-order valence-corrected chi connectivity index (χ3v) is 4.83. The Kier molecular flexibility index (Phi) is 8.96. The van der Waals surface area contributed by atoms with Crippen molar-refractivity contribution in [1.82, 2.24) is 5.32 Å². The van der Waals surface area contributed by atoms with Crippen LogP contribution in [0.1, 0.15) is 48.9 Å². The molecule has 1 aromatic rings. The van der Waals surface area contributed by atoms with Gasteiger partial charge in [-0.25, -0.2) is 0 Å². The summed E-state index contributed by atoms with van der Waals surface area (Å²) in [5.41, 5.74) is 2.17. The van der Waals surface area contributed by atoms with Gasteiger partial charge < -0.3 is 10.2 Å². The molecule has 3 nitrogen and oxygen atoms in total. The van der Waals surface area contributed by atoms with Crippen molar-refractivity contribution in [2.45, 2.75) is 38.5 Å². The van der Waals surface area contributed by atoms with Crippen LogP contribution in [0.25, 0.3) is 0 Å². The number of hydrogen-bond acceptors (Lipinski definition) is 3. The maximum Gasteiger partial charge on any atom is 0.166 e. The molecule has 0 amide bonds. The van der Waals surface area contributed by atoms with Gasteiger partial charge in [0.25, 0.3) is 0 Å². The van der Waals surface area contributed by atoms with Crippen molar-refractivity contribution in [3.8, 4) is 0 Å². The number of carbonyl (C=O) groups is 1. The lowest BCUT2D eigenvalue weighted by molar-refractivity contribution is 0.0895. The van der Waals surface area contributed by atoms with Gasteiger partial charge in [0.05, 0.1) is 0 Å². The molecule has 0 unspecified atom stereocenters. The highest BCUT2D eigenvalue weighted by Gasteiger charge is 2.22. The average Bonchev–Trinajstić information content (AvgIpc) is 2.84. The maximum atomic E-state index is 12.5. The minimum Gasteiger partial charge on any atom is -0.372 e. The smallest absolute Gasteiger partial charge is 0.166 e. The number of anilines is 1. The molecule has 2 fully saturated rings. The largest absolute Gasteiger partial charge is 0.372 e. The van der Waals surface area contributed by atoms with Crippen LogP contribution in [-0.4, -0.2) is 32.0 Å². The molecule has 0 aromatic heterocycles. The van der Waals surface area contributed by atoms with Crippen LogP contribution in [0.2, 0.25) is 0 Å². The summed E-state index contributed by atoms with van der Waals surface area (Å²) in [7, 11) is 0. The second-order valence-electron chi connectivity index (χ2n) is 6.34. The molecule has 2 heterocycles. The van der Waals surface area contributed by atoms with Gasteiger partial charge in [0.1, 0.15) is 0 Å². The van der Waals surface area contributed by atoms with E-state index in [0.29, 0.717) is 5.78 Å². The molecule has 0 aliphatic carbocycles. The number of nitrogens with one attached hydrogen (secondary N) is 1. The summed E-state index contributed by atoms with van der Waals surface area (Å²) in [5, 5.41) is 3.32. The Morgan fingerprint density at radius 2 is 1.48 bits per heavy atom. The first-order chi connectivity index (χ1) is 10.3. The number of rotatable bonds is 3. The van der Waals surface area contributed by atoms with Gasteiger partial charge in [0, 0.05) is 30.3 Å². The van der Waals surface area contributed by atoms with Crippen LogP contribution in [0.5, 0.6) is 0 Å². The number of ketones is 1. The Balaban J connectivity index is 0.00000132. The zero-order valence-electron chi connectivity index (χ0n) is 13.6. The highest BCUT2D eigenvalue weighted by molar-refractivity contribution is 5.98. The lowest BCUT2D eigenvalue weighted by atomic mass is 9.89. The Morgan fingerprint density at radius 1 is 0.913 bits per heavy atom. The van der Waals surface area contributed by atoms with Crippen LogP contribution in [0, 0.1) is 5.92 Å². The van der Waals surface area contributed by atoms with Crippen LogP contribution in [-0.2, 0) is 0 Å². The van der Waals surface area contributed by atoms with Crippen LogP contribution in [0.3, 0.4) is 0 Å². The first kappa shape index (κ1) is 20.3. The topological polar surface area (TPSA) is 32.3 Å². The highest BCUT2D eigenvalue weighted by Crippen LogP contribution is 2.23. The molecule has 0 radical (unpaired) electrons. The van der Waals surface area contributed by atoms with Crippen molar-refractivity contribution < 1.29 is 4.79 Å². The van der Waals surface area contributed by atoms with E-state index in [0.717, 1.165) is 44.6 Å². The van der Waals surface area contributed by atoms with Crippen LogP contribution in [0.15, 0.2) is 24.3 Å². The molecule has 130 valence electrons. The first-order valence-electron chi connectivity index (χ1n) is 8.44. The van der Waals surface area contributed by atoms with Crippen molar-refractivity contribution in [3.63, 3.8) is 0 Å². The molecule has 0 atom stereocenters. The van der Waals surface area contributed by atoms with Crippen molar-refractivity contribution in [2.75, 3.05) is 31.1 Å². The fourth-order valence-electron chi connectivity index (χ4n) is 3.49. The monoisotopic (exact) mass is 358 g/mol. The Morgan fingerprint density at radius 3 is 2.04 bits per heavy atom. The number of hydrogen-bond donors (Lipinski definition) is 1. The fourth-order valence-corrected chi connectivity index (χ4v) is 3.49. The van der Waals surface area contributed by atoms with Crippen LogP contribution < -0.4 is 10.2 Å². The van der Waals surface area contributed by atoms with E-state index < -0.39 is 0 Å². The van der Waals surface area contributed by atoms with E-state index >= 15 is 0 Å². The van der Waals surface area contributed by atoms with Gasteiger partial charge in [-0.15, -0.1) is 24.8 Å². The predicted octanol–water partition coefficient (Wildman–Crippen LogP) is 4.09. The molecule has 0 spiro atoms.